The molecule has 2 fully saturated rings. The molecule has 4 nitrogen and oxygen atoms in total. The van der Waals surface area contributed by atoms with Crippen LogP contribution in [-0.2, 0) is 16.0 Å². The molecule has 1 heterocycles. The Morgan fingerprint density at radius 3 is 2.65 bits per heavy atom. The van der Waals surface area contributed by atoms with Gasteiger partial charge in [-0.2, -0.15) is 0 Å². The number of aliphatic hydroxyl groups excluding tert-OH is 1. The van der Waals surface area contributed by atoms with Gasteiger partial charge in [-0.25, -0.2) is 0 Å². The largest absolute Gasteiger partial charge is 0.392 e. The number of carbonyl (C=O) groups excluding carboxylic acids is 1. The van der Waals surface area contributed by atoms with Crippen LogP contribution in [-0.4, -0.2) is 47.8 Å². The number of benzene rings is 1. The number of nitrogens with zero attached hydrogens (tertiary/aromatic N) is 1. The molecule has 126 valence electrons. The summed E-state index contributed by atoms with van der Waals surface area (Å²) in [5.41, 5.74) is 2.16. The van der Waals surface area contributed by atoms with Crippen molar-refractivity contribution in [3.05, 3.63) is 35.4 Å². The summed E-state index contributed by atoms with van der Waals surface area (Å²) in [6.07, 6.45) is 2.79. The zero-order valence-electron chi connectivity index (χ0n) is 14.1. The third-order valence-corrected chi connectivity index (χ3v) is 5.76. The summed E-state index contributed by atoms with van der Waals surface area (Å²) in [5, 5.41) is 10.2. The Morgan fingerprint density at radius 1 is 1.35 bits per heavy atom. The molecule has 1 N–H and O–H groups in total. The lowest BCUT2D eigenvalue weighted by Crippen LogP contribution is -2.62. The first-order valence-corrected chi connectivity index (χ1v) is 8.69. The first kappa shape index (κ1) is 16.5. The molecule has 4 heteroatoms. The minimum absolute atomic E-state index is 0.116. The standard InChI is InChI=1S/C19H27NO3/c1-3-23-17-13-16(21)19(17)8-10-20(11-9-19)18(22)12-15-7-5-4-6-14(15)2/h4-7,16-17,21H,3,8-13H2,1-2H3. The fourth-order valence-corrected chi connectivity index (χ4v) is 4.07. The number of aryl methyl sites for hydroxylation is 1. The maximum atomic E-state index is 12.6. The zero-order chi connectivity index (χ0) is 16.4. The number of rotatable bonds is 4. The summed E-state index contributed by atoms with van der Waals surface area (Å²) in [7, 11) is 0. The number of carbonyl (C=O) groups is 1. The van der Waals surface area contributed by atoms with Crippen LogP contribution in [0.3, 0.4) is 0 Å². The second kappa shape index (κ2) is 6.62. The van der Waals surface area contributed by atoms with Gasteiger partial charge in [-0.3, -0.25) is 4.79 Å². The number of amides is 1. The lowest BCUT2D eigenvalue weighted by atomic mass is 9.58. The van der Waals surface area contributed by atoms with Crippen LogP contribution < -0.4 is 0 Å². The van der Waals surface area contributed by atoms with Gasteiger partial charge in [-0.05, 0) is 37.8 Å². The molecule has 0 radical (unpaired) electrons. The fourth-order valence-electron chi connectivity index (χ4n) is 4.07. The third kappa shape index (κ3) is 3.02. The predicted octanol–water partition coefficient (Wildman–Crippen LogP) is 2.32. The Bertz CT molecular complexity index is 561. The molecule has 1 amide bonds. The number of likely N-dealkylation sites (tertiary alicyclic amines) is 1. The number of piperidine rings is 1. The summed E-state index contributed by atoms with van der Waals surface area (Å²) in [6.45, 7) is 6.19. The first-order valence-electron chi connectivity index (χ1n) is 8.69. The van der Waals surface area contributed by atoms with Gasteiger partial charge in [0.1, 0.15) is 0 Å². The number of hydrogen-bond donors (Lipinski definition) is 1. The highest BCUT2D eigenvalue weighted by atomic mass is 16.5. The Labute approximate surface area is 138 Å². The van der Waals surface area contributed by atoms with E-state index in [1.165, 1.54) is 5.56 Å². The molecule has 1 saturated heterocycles. The lowest BCUT2D eigenvalue weighted by Gasteiger charge is -2.56. The van der Waals surface area contributed by atoms with Crippen LogP contribution in [0.4, 0.5) is 0 Å². The van der Waals surface area contributed by atoms with E-state index in [9.17, 15) is 9.90 Å². The summed E-state index contributed by atoms with van der Waals surface area (Å²) < 4.78 is 5.79. The van der Waals surface area contributed by atoms with Crippen LogP contribution in [0.5, 0.6) is 0 Å². The highest BCUT2D eigenvalue weighted by Crippen LogP contribution is 2.50. The molecule has 1 aliphatic heterocycles. The van der Waals surface area contributed by atoms with Crippen molar-refractivity contribution in [2.75, 3.05) is 19.7 Å². The SMILES string of the molecule is CCOC1CC(O)C12CCN(C(=O)Cc1ccccc1C)CC2. The van der Waals surface area contributed by atoms with Crippen LogP contribution >= 0.6 is 0 Å². The van der Waals surface area contributed by atoms with Crippen LogP contribution in [0.2, 0.25) is 0 Å². The van der Waals surface area contributed by atoms with Crippen LogP contribution in [0.15, 0.2) is 24.3 Å². The minimum atomic E-state index is -0.271. The average Bonchev–Trinajstić information content (AvgIpc) is 2.57. The Kier molecular flexibility index (Phi) is 4.74. The molecule has 2 unspecified atom stereocenters. The van der Waals surface area contributed by atoms with E-state index in [2.05, 4.69) is 0 Å². The highest BCUT2D eigenvalue weighted by molar-refractivity contribution is 5.79. The topological polar surface area (TPSA) is 49.8 Å². The predicted molar refractivity (Wildman–Crippen MR) is 89.2 cm³/mol. The molecule has 2 atom stereocenters. The molecular formula is C19H27NO3. The van der Waals surface area contributed by atoms with E-state index in [0.717, 1.165) is 37.9 Å². The van der Waals surface area contributed by atoms with Crippen LogP contribution in [0.1, 0.15) is 37.3 Å². The van der Waals surface area contributed by atoms with Gasteiger partial charge in [0.25, 0.3) is 0 Å². The quantitative estimate of drug-likeness (QED) is 0.927. The monoisotopic (exact) mass is 317 g/mol. The summed E-state index contributed by atoms with van der Waals surface area (Å²) >= 11 is 0. The number of aliphatic hydroxyl groups is 1. The first-order chi connectivity index (χ1) is 11.1. The molecule has 1 saturated carbocycles. The molecule has 2 aliphatic rings. The molecular weight excluding hydrogens is 290 g/mol. The van der Waals surface area contributed by atoms with Gasteiger partial charge in [-0.1, -0.05) is 24.3 Å². The maximum absolute atomic E-state index is 12.6. The molecule has 23 heavy (non-hydrogen) atoms. The van der Waals surface area contributed by atoms with Gasteiger partial charge in [0, 0.05) is 31.5 Å². The summed E-state index contributed by atoms with van der Waals surface area (Å²) in [4.78, 5) is 14.5. The second-order valence-corrected chi connectivity index (χ2v) is 6.91. The third-order valence-electron chi connectivity index (χ3n) is 5.76. The van der Waals surface area contributed by atoms with Gasteiger partial charge in [0.15, 0.2) is 0 Å². The van der Waals surface area contributed by atoms with E-state index >= 15 is 0 Å². The fraction of sp³-hybridized carbons (Fsp3) is 0.632. The smallest absolute Gasteiger partial charge is 0.226 e. The van der Waals surface area contributed by atoms with Crippen molar-refractivity contribution < 1.29 is 14.6 Å². The number of hydrogen-bond acceptors (Lipinski definition) is 3. The molecule has 0 bridgehead atoms. The van der Waals surface area contributed by atoms with Crippen LogP contribution in [0.25, 0.3) is 0 Å². The van der Waals surface area contributed by atoms with Gasteiger partial charge in [-0.15, -0.1) is 0 Å². The Balaban J connectivity index is 1.58. The van der Waals surface area contributed by atoms with E-state index in [1.807, 2.05) is 43.0 Å². The van der Waals surface area contributed by atoms with E-state index in [0.29, 0.717) is 13.0 Å². The van der Waals surface area contributed by atoms with Crippen LogP contribution in [0, 0.1) is 12.3 Å². The second-order valence-electron chi connectivity index (χ2n) is 6.91. The van der Waals surface area contributed by atoms with Crippen molar-refractivity contribution in [3.8, 4) is 0 Å². The van der Waals surface area contributed by atoms with E-state index in [4.69, 9.17) is 4.74 Å². The molecule has 0 aromatic heterocycles. The molecule has 1 aliphatic carbocycles. The van der Waals surface area contributed by atoms with Crippen molar-refractivity contribution in [2.24, 2.45) is 5.41 Å². The van der Waals surface area contributed by atoms with Gasteiger partial charge in [0.05, 0.1) is 18.6 Å². The lowest BCUT2D eigenvalue weighted by molar-refractivity contribution is -0.210. The summed E-state index contributed by atoms with van der Waals surface area (Å²) in [5.74, 6) is 0.191. The van der Waals surface area contributed by atoms with Crippen molar-refractivity contribution in [2.45, 2.75) is 51.7 Å². The van der Waals surface area contributed by atoms with Crippen molar-refractivity contribution in [3.63, 3.8) is 0 Å². The van der Waals surface area contributed by atoms with Gasteiger partial charge in [0.2, 0.25) is 5.91 Å². The van der Waals surface area contributed by atoms with Gasteiger partial charge < -0.3 is 14.7 Å². The van der Waals surface area contributed by atoms with E-state index in [-0.39, 0.29) is 23.5 Å². The Hall–Kier alpha value is -1.39. The normalized spacial score (nSPS) is 26.1. The van der Waals surface area contributed by atoms with Crippen molar-refractivity contribution in [1.82, 2.24) is 4.90 Å². The minimum Gasteiger partial charge on any atom is -0.392 e. The number of ether oxygens (including phenoxy) is 1. The van der Waals surface area contributed by atoms with Gasteiger partial charge >= 0.3 is 0 Å². The Morgan fingerprint density at radius 2 is 2.04 bits per heavy atom. The highest BCUT2D eigenvalue weighted by Gasteiger charge is 2.56. The molecule has 1 aromatic carbocycles. The summed E-state index contributed by atoms with van der Waals surface area (Å²) in [6, 6.07) is 8.06. The zero-order valence-corrected chi connectivity index (χ0v) is 14.1. The van der Waals surface area contributed by atoms with Crippen molar-refractivity contribution >= 4 is 5.91 Å². The van der Waals surface area contributed by atoms with E-state index < -0.39 is 0 Å². The average molecular weight is 317 g/mol. The molecule has 3 rings (SSSR count). The van der Waals surface area contributed by atoms with E-state index in [1.54, 1.807) is 0 Å². The van der Waals surface area contributed by atoms with Crippen molar-refractivity contribution in [1.29, 1.82) is 0 Å². The maximum Gasteiger partial charge on any atom is 0.226 e. The molecule has 1 aromatic rings. The molecule has 1 spiro atoms.